The Balaban J connectivity index is 1.82. The number of nitrogens with zero attached hydrogens (tertiary/aromatic N) is 3. The van der Waals surface area contributed by atoms with E-state index in [4.69, 9.17) is 4.74 Å². The first-order chi connectivity index (χ1) is 12.4. The number of methoxy groups -OCH3 is 1. The Morgan fingerprint density at radius 1 is 1.27 bits per heavy atom. The number of aromatic nitrogens is 3. The smallest absolute Gasteiger partial charge is 0.381 e. The third kappa shape index (κ3) is 4.21. The predicted octanol–water partition coefficient (Wildman–Crippen LogP) is 2.97. The highest BCUT2D eigenvalue weighted by Gasteiger charge is 2.33. The fourth-order valence-corrected chi connectivity index (χ4v) is 3.03. The second-order valence-electron chi connectivity index (χ2n) is 6.25. The summed E-state index contributed by atoms with van der Waals surface area (Å²) in [6.45, 7) is 0. The van der Waals surface area contributed by atoms with Crippen molar-refractivity contribution in [3.63, 3.8) is 0 Å². The minimum atomic E-state index is -4.58. The average molecular weight is 368 g/mol. The first-order valence-electron chi connectivity index (χ1n) is 8.28. The third-order valence-electron chi connectivity index (χ3n) is 4.48. The molecule has 0 unspecified atom stereocenters. The van der Waals surface area contributed by atoms with E-state index in [9.17, 15) is 18.0 Å². The second-order valence-corrected chi connectivity index (χ2v) is 6.25. The normalized spacial score (nSPS) is 20.8. The quantitative estimate of drug-likeness (QED) is 0.901. The van der Waals surface area contributed by atoms with Gasteiger partial charge in [0.05, 0.1) is 11.7 Å². The Morgan fingerprint density at radius 2 is 2.00 bits per heavy atom. The summed E-state index contributed by atoms with van der Waals surface area (Å²) in [7, 11) is 1.65. The van der Waals surface area contributed by atoms with Crippen LogP contribution in [0.1, 0.15) is 41.7 Å². The van der Waals surface area contributed by atoms with Crippen LogP contribution in [0.5, 0.6) is 0 Å². The van der Waals surface area contributed by atoms with Crippen molar-refractivity contribution in [2.45, 2.75) is 44.0 Å². The molecule has 0 aliphatic heterocycles. The van der Waals surface area contributed by atoms with Crippen LogP contribution in [-0.2, 0) is 10.9 Å². The number of halogens is 3. The summed E-state index contributed by atoms with van der Waals surface area (Å²) in [5, 5.41) is 2.78. The van der Waals surface area contributed by atoms with Crippen molar-refractivity contribution in [3.8, 4) is 5.82 Å². The monoisotopic (exact) mass is 368 g/mol. The maximum Gasteiger partial charge on any atom is 0.416 e. The van der Waals surface area contributed by atoms with Gasteiger partial charge in [0, 0.05) is 25.5 Å². The van der Waals surface area contributed by atoms with Gasteiger partial charge in [-0.2, -0.15) is 13.2 Å². The summed E-state index contributed by atoms with van der Waals surface area (Å²) in [6, 6.07) is 1.57. The van der Waals surface area contributed by atoms with Gasteiger partial charge in [-0.1, -0.05) is 0 Å². The highest BCUT2D eigenvalue weighted by Crippen LogP contribution is 2.31. The number of alkyl halides is 3. The molecule has 0 radical (unpaired) electrons. The van der Waals surface area contributed by atoms with Crippen LogP contribution < -0.4 is 5.32 Å². The topological polar surface area (TPSA) is 69.0 Å². The number of carbonyl (C=O) groups excluding carboxylic acids is 1. The van der Waals surface area contributed by atoms with Crippen molar-refractivity contribution in [2.24, 2.45) is 0 Å². The van der Waals surface area contributed by atoms with E-state index < -0.39 is 17.6 Å². The van der Waals surface area contributed by atoms with Crippen LogP contribution in [-0.4, -0.2) is 39.7 Å². The number of hydrogen-bond donors (Lipinski definition) is 1. The van der Waals surface area contributed by atoms with Crippen LogP contribution in [0.4, 0.5) is 13.2 Å². The van der Waals surface area contributed by atoms with E-state index in [-0.39, 0.29) is 23.7 Å². The molecule has 0 aromatic carbocycles. The minimum absolute atomic E-state index is 0.00874. The summed E-state index contributed by atoms with van der Waals surface area (Å²) in [5.74, 6) is -0.621. The van der Waals surface area contributed by atoms with Gasteiger partial charge in [0.1, 0.15) is 17.8 Å². The summed E-state index contributed by atoms with van der Waals surface area (Å²) in [5.41, 5.74) is -1.19. The van der Waals surface area contributed by atoms with Crippen LogP contribution in [0.3, 0.4) is 0 Å². The molecule has 2 aromatic rings. The number of hydrogen-bond acceptors (Lipinski definition) is 4. The van der Waals surface area contributed by atoms with Gasteiger partial charge in [0.25, 0.3) is 5.91 Å². The number of amides is 1. The van der Waals surface area contributed by atoms with Gasteiger partial charge in [-0.15, -0.1) is 0 Å². The van der Waals surface area contributed by atoms with Crippen molar-refractivity contribution in [2.75, 3.05) is 7.11 Å². The van der Waals surface area contributed by atoms with Gasteiger partial charge in [0.2, 0.25) is 0 Å². The molecule has 3 rings (SSSR count). The van der Waals surface area contributed by atoms with E-state index in [0.717, 1.165) is 37.8 Å². The van der Waals surface area contributed by atoms with E-state index in [2.05, 4.69) is 15.3 Å². The summed E-state index contributed by atoms with van der Waals surface area (Å²) in [4.78, 5) is 20.3. The number of pyridine rings is 1. The number of rotatable bonds is 4. The fraction of sp³-hybridized carbons (Fsp3) is 0.471. The Morgan fingerprint density at radius 3 is 2.58 bits per heavy atom. The highest BCUT2D eigenvalue weighted by atomic mass is 19.4. The van der Waals surface area contributed by atoms with Crippen molar-refractivity contribution in [1.29, 1.82) is 0 Å². The molecule has 1 aliphatic carbocycles. The molecule has 1 fully saturated rings. The van der Waals surface area contributed by atoms with E-state index >= 15 is 0 Å². The van der Waals surface area contributed by atoms with Crippen LogP contribution in [0, 0.1) is 0 Å². The molecule has 140 valence electrons. The van der Waals surface area contributed by atoms with Crippen LogP contribution in [0.2, 0.25) is 0 Å². The van der Waals surface area contributed by atoms with Gasteiger partial charge in [0.15, 0.2) is 0 Å². The van der Waals surface area contributed by atoms with Crippen LogP contribution in [0.25, 0.3) is 5.82 Å². The lowest BCUT2D eigenvalue weighted by atomic mass is 9.93. The van der Waals surface area contributed by atoms with Crippen LogP contribution >= 0.6 is 0 Å². The van der Waals surface area contributed by atoms with Crippen molar-refractivity contribution >= 4 is 5.91 Å². The Hall–Kier alpha value is -2.42. The molecular formula is C17H19F3N4O2. The molecule has 2 aromatic heterocycles. The summed E-state index contributed by atoms with van der Waals surface area (Å²) >= 11 is 0. The molecule has 2 heterocycles. The molecule has 0 atom stereocenters. The van der Waals surface area contributed by atoms with Gasteiger partial charge in [-0.25, -0.2) is 9.97 Å². The van der Waals surface area contributed by atoms with Crippen molar-refractivity contribution < 1.29 is 22.7 Å². The minimum Gasteiger partial charge on any atom is -0.381 e. The van der Waals surface area contributed by atoms with E-state index in [1.54, 1.807) is 7.11 Å². The van der Waals surface area contributed by atoms with Crippen molar-refractivity contribution in [3.05, 3.63) is 42.1 Å². The zero-order valence-corrected chi connectivity index (χ0v) is 14.2. The molecule has 0 spiro atoms. The average Bonchev–Trinajstić information content (AvgIpc) is 3.16. The maximum atomic E-state index is 13.2. The number of nitrogens with one attached hydrogen (secondary N) is 1. The Bertz CT molecular complexity index is 754. The number of imidazole rings is 1. The molecule has 1 saturated carbocycles. The zero-order chi connectivity index (χ0) is 18.7. The standard InChI is InChI=1S/C17H19F3N4O2/c1-26-13-4-2-12(3-5-13)22-16(25)14-8-11(17(18,19)20)9-15(23-14)24-7-6-21-10-24/h6-10,12-13H,2-5H2,1H3,(H,22,25)/t12-,13-. The molecule has 1 aliphatic rings. The first kappa shape index (κ1) is 18.4. The third-order valence-corrected chi connectivity index (χ3v) is 4.48. The molecule has 6 nitrogen and oxygen atoms in total. The lowest BCUT2D eigenvalue weighted by Gasteiger charge is -2.28. The Kier molecular flexibility index (Phi) is 5.26. The molecule has 9 heteroatoms. The molecule has 0 saturated heterocycles. The van der Waals surface area contributed by atoms with E-state index in [0.29, 0.717) is 0 Å². The largest absolute Gasteiger partial charge is 0.416 e. The van der Waals surface area contributed by atoms with Gasteiger partial charge < -0.3 is 10.1 Å². The molecule has 1 amide bonds. The lowest BCUT2D eigenvalue weighted by molar-refractivity contribution is -0.137. The SMILES string of the molecule is CO[C@H]1CC[C@H](NC(=O)c2cc(C(F)(F)F)cc(-n3ccnc3)n2)CC1. The lowest BCUT2D eigenvalue weighted by Crippen LogP contribution is -2.39. The van der Waals surface area contributed by atoms with Crippen LogP contribution in [0.15, 0.2) is 30.9 Å². The maximum absolute atomic E-state index is 13.2. The fourth-order valence-electron chi connectivity index (χ4n) is 3.03. The van der Waals surface area contributed by atoms with Gasteiger partial charge in [-0.3, -0.25) is 9.36 Å². The highest BCUT2D eigenvalue weighted by molar-refractivity contribution is 5.93. The molecule has 26 heavy (non-hydrogen) atoms. The molecular weight excluding hydrogens is 349 g/mol. The summed E-state index contributed by atoms with van der Waals surface area (Å²) in [6.07, 6.45) is 2.86. The van der Waals surface area contributed by atoms with Crippen molar-refractivity contribution in [1.82, 2.24) is 19.9 Å². The molecule has 0 bridgehead atoms. The predicted molar refractivity (Wildman–Crippen MR) is 86.9 cm³/mol. The van der Waals surface area contributed by atoms with Gasteiger partial charge >= 0.3 is 6.18 Å². The zero-order valence-electron chi connectivity index (χ0n) is 14.2. The van der Waals surface area contributed by atoms with Gasteiger partial charge in [-0.05, 0) is 37.8 Å². The molecule has 1 N–H and O–H groups in total. The number of carbonyl (C=O) groups is 1. The van der Waals surface area contributed by atoms with E-state index in [1.165, 1.54) is 23.3 Å². The van der Waals surface area contributed by atoms with E-state index in [1.807, 2.05) is 0 Å². The second kappa shape index (κ2) is 7.45. The number of ether oxygens (including phenoxy) is 1. The Labute approximate surface area is 148 Å². The first-order valence-corrected chi connectivity index (χ1v) is 8.28. The summed E-state index contributed by atoms with van der Waals surface area (Å²) < 4.78 is 46.2.